The molecule has 0 saturated carbocycles. The van der Waals surface area contributed by atoms with Crippen LogP contribution in [0, 0.1) is 5.82 Å². The molecule has 0 spiro atoms. The molecule has 0 aliphatic rings. The number of nitrogens with two attached hydrogens (primary N) is 1. The molecule has 9 heteroatoms. The van der Waals surface area contributed by atoms with E-state index in [1.165, 1.54) is 18.2 Å². The summed E-state index contributed by atoms with van der Waals surface area (Å²) in [5, 5.41) is 15.8. The van der Waals surface area contributed by atoms with Gasteiger partial charge >= 0.3 is 0 Å². The fraction of sp³-hybridized carbons (Fsp3) is 0.200. The molecule has 1 unspecified atom stereocenters. The zero-order valence-corrected chi connectivity index (χ0v) is 10.0. The van der Waals surface area contributed by atoms with Gasteiger partial charge in [0.1, 0.15) is 5.82 Å². The number of nitrogens with zero attached hydrogens (tertiary/aromatic N) is 3. The van der Waals surface area contributed by atoms with Crippen LogP contribution in [0.5, 0.6) is 0 Å². The normalized spacial score (nSPS) is 11.9. The van der Waals surface area contributed by atoms with E-state index in [1.54, 1.807) is 6.92 Å². The number of rotatable bonds is 4. The summed E-state index contributed by atoms with van der Waals surface area (Å²) in [5.41, 5.74) is 2.19. The lowest BCUT2D eigenvalue weighted by atomic mass is 10.1. The molecular weight excluding hydrogens is 253 g/mol. The summed E-state index contributed by atoms with van der Waals surface area (Å²) in [6.07, 6.45) is 0. The fourth-order valence-corrected chi connectivity index (χ4v) is 1.55. The lowest BCUT2D eigenvalue weighted by Gasteiger charge is -2.13. The average Bonchev–Trinajstić information content (AvgIpc) is 2.92. The number of halogens is 1. The second kappa shape index (κ2) is 5.40. The lowest BCUT2D eigenvalue weighted by molar-refractivity contribution is 0.0938. The number of hydrogen-bond donors (Lipinski definition) is 4. The number of hydrazine groups is 1. The van der Waals surface area contributed by atoms with Gasteiger partial charge in [-0.15, -0.1) is 10.2 Å². The largest absolute Gasteiger partial charge is 0.342 e. The van der Waals surface area contributed by atoms with Crippen molar-refractivity contribution in [2.24, 2.45) is 5.84 Å². The van der Waals surface area contributed by atoms with Gasteiger partial charge in [0.05, 0.1) is 17.3 Å². The van der Waals surface area contributed by atoms with Crippen LogP contribution in [0.15, 0.2) is 18.2 Å². The fourth-order valence-electron chi connectivity index (χ4n) is 1.55. The molecule has 2 rings (SSSR count). The highest BCUT2D eigenvalue weighted by Gasteiger charge is 2.18. The van der Waals surface area contributed by atoms with Crippen molar-refractivity contribution in [2.45, 2.75) is 13.0 Å². The number of tetrazole rings is 1. The first kappa shape index (κ1) is 12.9. The minimum Gasteiger partial charge on any atom is -0.342 e. The quantitative estimate of drug-likeness (QED) is 0.460. The van der Waals surface area contributed by atoms with Crippen molar-refractivity contribution in [1.29, 1.82) is 0 Å². The molecule has 100 valence electrons. The van der Waals surface area contributed by atoms with Gasteiger partial charge in [-0.3, -0.25) is 10.6 Å². The maximum atomic E-state index is 13.5. The highest BCUT2D eigenvalue weighted by atomic mass is 19.1. The second-order valence-corrected chi connectivity index (χ2v) is 3.77. The van der Waals surface area contributed by atoms with E-state index in [-0.39, 0.29) is 11.3 Å². The predicted octanol–water partition coefficient (Wildman–Crippen LogP) is 0.115. The van der Waals surface area contributed by atoms with E-state index in [1.807, 2.05) is 0 Å². The first-order chi connectivity index (χ1) is 9.13. The number of anilines is 1. The maximum Gasteiger partial charge on any atom is 0.254 e. The minimum atomic E-state index is -0.609. The molecule has 1 aromatic carbocycles. The molecule has 0 saturated heterocycles. The molecule has 0 bridgehead atoms. The van der Waals surface area contributed by atoms with E-state index in [0.29, 0.717) is 5.82 Å². The minimum absolute atomic E-state index is 0.0692. The smallest absolute Gasteiger partial charge is 0.254 e. The van der Waals surface area contributed by atoms with Crippen molar-refractivity contribution in [1.82, 2.24) is 25.9 Å². The van der Waals surface area contributed by atoms with Crippen molar-refractivity contribution in [3.8, 4) is 0 Å². The van der Waals surface area contributed by atoms with Gasteiger partial charge in [0.2, 0.25) is 0 Å². The third-order valence-corrected chi connectivity index (χ3v) is 2.50. The molecule has 0 aliphatic carbocycles. The molecule has 0 fully saturated rings. The van der Waals surface area contributed by atoms with Gasteiger partial charge in [0.15, 0.2) is 5.82 Å². The third kappa shape index (κ3) is 2.65. The van der Waals surface area contributed by atoms with Crippen LogP contribution in [-0.2, 0) is 0 Å². The summed E-state index contributed by atoms with van der Waals surface area (Å²) in [6, 6.07) is 3.61. The SMILES string of the molecule is CC(NC(=O)c1cccc(F)c1NN)c1nn[nH]n1. The summed E-state index contributed by atoms with van der Waals surface area (Å²) in [5.74, 6) is 4.43. The Labute approximate surface area is 107 Å². The van der Waals surface area contributed by atoms with Gasteiger partial charge in [0.25, 0.3) is 5.91 Å². The standard InChI is InChI=1S/C10H12FN7O/c1-5(9-15-17-18-16-9)13-10(19)6-3-2-4-7(11)8(6)14-12/h2-5,14H,12H2,1H3,(H,13,19)(H,15,16,17,18). The van der Waals surface area contributed by atoms with Crippen LogP contribution in [0.1, 0.15) is 29.1 Å². The van der Waals surface area contributed by atoms with Gasteiger partial charge in [-0.05, 0) is 19.1 Å². The Balaban J connectivity index is 2.19. The topological polar surface area (TPSA) is 122 Å². The van der Waals surface area contributed by atoms with Crippen LogP contribution in [0.2, 0.25) is 0 Å². The number of carbonyl (C=O) groups is 1. The Morgan fingerprint density at radius 3 is 2.95 bits per heavy atom. The monoisotopic (exact) mass is 265 g/mol. The van der Waals surface area contributed by atoms with Crippen LogP contribution >= 0.6 is 0 Å². The van der Waals surface area contributed by atoms with Crippen LogP contribution in [0.3, 0.4) is 0 Å². The van der Waals surface area contributed by atoms with Crippen LogP contribution < -0.4 is 16.6 Å². The number of carbonyl (C=O) groups excluding carboxylic acids is 1. The molecule has 1 atom stereocenters. The van der Waals surface area contributed by atoms with Gasteiger partial charge in [-0.1, -0.05) is 11.3 Å². The van der Waals surface area contributed by atoms with Gasteiger partial charge in [0, 0.05) is 0 Å². The zero-order chi connectivity index (χ0) is 13.8. The first-order valence-corrected chi connectivity index (χ1v) is 5.42. The number of amides is 1. The molecular formula is C10H12FN7O. The Kier molecular flexibility index (Phi) is 3.66. The molecule has 1 amide bonds. The summed E-state index contributed by atoms with van der Waals surface area (Å²) in [4.78, 5) is 12.0. The number of aromatic nitrogens is 4. The van der Waals surface area contributed by atoms with E-state index < -0.39 is 17.8 Å². The van der Waals surface area contributed by atoms with Gasteiger partial charge < -0.3 is 10.7 Å². The number of aromatic amines is 1. The van der Waals surface area contributed by atoms with Crippen molar-refractivity contribution in [2.75, 3.05) is 5.43 Å². The van der Waals surface area contributed by atoms with Crippen molar-refractivity contribution >= 4 is 11.6 Å². The molecule has 5 N–H and O–H groups in total. The van der Waals surface area contributed by atoms with E-state index >= 15 is 0 Å². The highest BCUT2D eigenvalue weighted by molar-refractivity contribution is 5.99. The van der Waals surface area contributed by atoms with Crippen molar-refractivity contribution < 1.29 is 9.18 Å². The number of nitrogens with one attached hydrogen (secondary N) is 3. The molecule has 1 aromatic heterocycles. The maximum absolute atomic E-state index is 13.5. The summed E-state index contributed by atoms with van der Waals surface area (Å²) < 4.78 is 13.5. The van der Waals surface area contributed by atoms with E-state index in [2.05, 4.69) is 31.4 Å². The lowest BCUT2D eigenvalue weighted by Crippen LogP contribution is -2.29. The number of nitrogen functional groups attached to an aromatic ring is 1. The average molecular weight is 265 g/mol. The third-order valence-electron chi connectivity index (χ3n) is 2.50. The highest BCUT2D eigenvalue weighted by Crippen LogP contribution is 2.19. The van der Waals surface area contributed by atoms with Crippen molar-refractivity contribution in [3.05, 3.63) is 35.4 Å². The van der Waals surface area contributed by atoms with Crippen LogP contribution in [0.4, 0.5) is 10.1 Å². The summed E-state index contributed by atoms with van der Waals surface area (Å²) >= 11 is 0. The van der Waals surface area contributed by atoms with E-state index in [0.717, 1.165) is 0 Å². The molecule has 0 radical (unpaired) electrons. The Hall–Kier alpha value is -2.55. The van der Waals surface area contributed by atoms with Gasteiger partial charge in [-0.25, -0.2) is 4.39 Å². The molecule has 1 heterocycles. The Morgan fingerprint density at radius 2 is 2.32 bits per heavy atom. The number of hydrogen-bond acceptors (Lipinski definition) is 6. The molecule has 2 aromatic rings. The molecule has 8 nitrogen and oxygen atoms in total. The van der Waals surface area contributed by atoms with Gasteiger partial charge in [-0.2, -0.15) is 5.21 Å². The van der Waals surface area contributed by atoms with Crippen LogP contribution in [0.25, 0.3) is 0 Å². The van der Waals surface area contributed by atoms with E-state index in [9.17, 15) is 9.18 Å². The van der Waals surface area contributed by atoms with Crippen LogP contribution in [-0.4, -0.2) is 26.5 Å². The first-order valence-electron chi connectivity index (χ1n) is 5.42. The zero-order valence-electron chi connectivity index (χ0n) is 10.0. The number of benzene rings is 1. The Morgan fingerprint density at radius 1 is 1.53 bits per heavy atom. The molecule has 19 heavy (non-hydrogen) atoms. The van der Waals surface area contributed by atoms with E-state index in [4.69, 9.17) is 5.84 Å². The Bertz CT molecular complexity index is 571. The summed E-state index contributed by atoms with van der Waals surface area (Å²) in [6.45, 7) is 1.68. The van der Waals surface area contributed by atoms with Crippen molar-refractivity contribution in [3.63, 3.8) is 0 Å². The summed E-state index contributed by atoms with van der Waals surface area (Å²) in [7, 11) is 0. The predicted molar refractivity (Wildman–Crippen MR) is 64.3 cm³/mol. The number of para-hydroxylation sites is 1. The second-order valence-electron chi connectivity index (χ2n) is 3.77. The number of H-pyrrole nitrogens is 1. The molecule has 0 aliphatic heterocycles.